The topological polar surface area (TPSA) is 24.6 Å². The molecule has 292 valence electrons. The first kappa shape index (κ1) is 35.4. The van der Waals surface area contributed by atoms with Gasteiger partial charge in [-0.3, -0.25) is 0 Å². The van der Waals surface area contributed by atoms with E-state index >= 15 is 0 Å². The van der Waals surface area contributed by atoms with Crippen molar-refractivity contribution in [1.82, 2.24) is 4.57 Å². The number of para-hydroxylation sites is 4. The van der Waals surface area contributed by atoms with Gasteiger partial charge in [0.2, 0.25) is 0 Å². The molecule has 4 nitrogen and oxygen atoms in total. The number of hydrogen-bond acceptors (Lipinski definition) is 3. The Labute approximate surface area is 355 Å². The Morgan fingerprint density at radius 1 is 0.475 bits per heavy atom. The van der Waals surface area contributed by atoms with Crippen molar-refractivity contribution in [1.29, 1.82) is 0 Å². The molecule has 0 amide bonds. The van der Waals surface area contributed by atoms with Crippen LogP contribution in [0.25, 0.3) is 55.7 Å². The van der Waals surface area contributed by atoms with Gasteiger partial charge in [-0.25, -0.2) is 0 Å². The lowest BCUT2D eigenvalue weighted by Crippen LogP contribution is -2.17. The third kappa shape index (κ3) is 5.59. The molecule has 61 heavy (non-hydrogen) atoms. The van der Waals surface area contributed by atoms with Crippen LogP contribution in [0.2, 0.25) is 0 Å². The van der Waals surface area contributed by atoms with E-state index in [2.05, 4.69) is 228 Å². The number of rotatable bonds is 7. The van der Waals surface area contributed by atoms with Crippen molar-refractivity contribution in [2.24, 2.45) is 0 Å². The molecule has 0 N–H and O–H groups in total. The number of aromatic nitrogens is 1. The SMILES string of the molecule is CC1(C)c2cc(N(c3ccccc3)c3ccccc3)ccc2-c2ccc(-n3c4ccc(N(c5ccccc5)c5ccccc5)cc4c4cc5oc6c(c5cc43)CCC=C6)cc21. The number of furan rings is 1. The highest BCUT2D eigenvalue weighted by atomic mass is 16.3. The molecule has 2 heterocycles. The Hall–Kier alpha value is -7.56. The fourth-order valence-corrected chi connectivity index (χ4v) is 10.1. The molecule has 0 saturated heterocycles. The summed E-state index contributed by atoms with van der Waals surface area (Å²) in [6.45, 7) is 4.77. The van der Waals surface area contributed by atoms with Crippen molar-refractivity contribution in [2.75, 3.05) is 9.80 Å². The molecule has 2 aliphatic carbocycles. The second-order valence-corrected chi connectivity index (χ2v) is 16.9. The zero-order valence-electron chi connectivity index (χ0n) is 34.2. The molecular weight excluding hydrogens is 743 g/mol. The molecule has 2 aliphatic rings. The van der Waals surface area contributed by atoms with Gasteiger partial charge in [0.25, 0.3) is 0 Å². The summed E-state index contributed by atoms with van der Waals surface area (Å²) in [6, 6.07) is 68.4. The highest BCUT2D eigenvalue weighted by Crippen LogP contribution is 2.52. The van der Waals surface area contributed by atoms with Gasteiger partial charge < -0.3 is 18.8 Å². The number of allylic oxidation sites excluding steroid dienone is 1. The monoisotopic (exact) mass is 785 g/mol. The molecule has 0 unspecified atom stereocenters. The first-order valence-corrected chi connectivity index (χ1v) is 21.3. The van der Waals surface area contributed by atoms with Crippen LogP contribution in [0.15, 0.2) is 199 Å². The average molecular weight is 786 g/mol. The van der Waals surface area contributed by atoms with Crippen LogP contribution in [0.4, 0.5) is 34.1 Å². The molecule has 0 fully saturated rings. The zero-order valence-corrected chi connectivity index (χ0v) is 34.2. The predicted octanol–water partition coefficient (Wildman–Crippen LogP) is 15.7. The molecule has 4 heteroatoms. The lowest BCUT2D eigenvalue weighted by atomic mass is 9.82. The lowest BCUT2D eigenvalue weighted by Gasteiger charge is -2.28. The Morgan fingerprint density at radius 2 is 1.00 bits per heavy atom. The van der Waals surface area contributed by atoms with Crippen molar-refractivity contribution in [2.45, 2.75) is 32.1 Å². The highest BCUT2D eigenvalue weighted by molar-refractivity contribution is 6.14. The standard InChI is InChI=1S/C57H43N3O/c1-57(2)51-34-43(59(40-21-11-5-12-22-40)41-23-13-6-14-24-41)27-30-45(51)46-31-28-44(35-52(46)57)60-53-32-29-42(58(38-17-7-3-8-18-38)39-19-9-4-10-20-39)33-48(53)49-37-56-50(36-54(49)60)47-25-15-16-26-55(47)61-56/h3-14,16-24,26-37H,15,25H2,1-2H3. The number of anilines is 6. The van der Waals surface area contributed by atoms with E-state index in [0.29, 0.717) is 0 Å². The number of hydrogen-bond donors (Lipinski definition) is 0. The van der Waals surface area contributed by atoms with E-state index in [9.17, 15) is 0 Å². The van der Waals surface area contributed by atoms with E-state index in [1.807, 2.05) is 0 Å². The summed E-state index contributed by atoms with van der Waals surface area (Å²) in [5.41, 5.74) is 17.5. The molecular formula is C57H43N3O. The minimum atomic E-state index is -0.239. The van der Waals surface area contributed by atoms with E-state index < -0.39 is 0 Å². The van der Waals surface area contributed by atoms with Crippen LogP contribution in [0, 0.1) is 0 Å². The molecule has 12 rings (SSSR count). The molecule has 0 radical (unpaired) electrons. The smallest absolute Gasteiger partial charge is 0.135 e. The van der Waals surface area contributed by atoms with Crippen LogP contribution < -0.4 is 9.80 Å². The Balaban J connectivity index is 1.04. The summed E-state index contributed by atoms with van der Waals surface area (Å²) in [4.78, 5) is 4.70. The van der Waals surface area contributed by atoms with E-state index in [0.717, 1.165) is 69.5 Å². The summed E-state index contributed by atoms with van der Waals surface area (Å²) >= 11 is 0. The second kappa shape index (κ2) is 13.8. The van der Waals surface area contributed by atoms with Gasteiger partial charge in [0.05, 0.1) is 11.0 Å². The first-order valence-electron chi connectivity index (χ1n) is 21.3. The van der Waals surface area contributed by atoms with Crippen molar-refractivity contribution in [3.63, 3.8) is 0 Å². The summed E-state index contributed by atoms with van der Waals surface area (Å²) in [6.07, 6.45) is 6.38. The summed E-state index contributed by atoms with van der Waals surface area (Å²) in [5, 5.41) is 3.56. The quantitative estimate of drug-likeness (QED) is 0.161. The van der Waals surface area contributed by atoms with Crippen LogP contribution in [-0.4, -0.2) is 4.57 Å². The maximum atomic E-state index is 6.58. The fourth-order valence-electron chi connectivity index (χ4n) is 10.1. The minimum absolute atomic E-state index is 0.239. The molecule has 0 saturated carbocycles. The predicted molar refractivity (Wildman–Crippen MR) is 255 cm³/mol. The van der Waals surface area contributed by atoms with Crippen LogP contribution >= 0.6 is 0 Å². The van der Waals surface area contributed by atoms with Gasteiger partial charge in [-0.15, -0.1) is 0 Å². The summed E-state index contributed by atoms with van der Waals surface area (Å²) in [5.74, 6) is 0.985. The molecule has 8 aromatic carbocycles. The molecule has 10 aromatic rings. The lowest BCUT2D eigenvalue weighted by molar-refractivity contribution is 0.596. The van der Waals surface area contributed by atoms with Crippen LogP contribution in [0.1, 0.15) is 42.7 Å². The Kier molecular flexibility index (Phi) is 7.98. The second-order valence-electron chi connectivity index (χ2n) is 16.9. The van der Waals surface area contributed by atoms with Gasteiger partial charge in [-0.1, -0.05) is 105 Å². The molecule has 0 spiro atoms. The van der Waals surface area contributed by atoms with Gasteiger partial charge in [-0.05, 0) is 144 Å². The third-order valence-corrected chi connectivity index (χ3v) is 13.0. The van der Waals surface area contributed by atoms with Gasteiger partial charge >= 0.3 is 0 Å². The maximum Gasteiger partial charge on any atom is 0.135 e. The number of aryl methyl sites for hydroxylation is 1. The number of nitrogens with zero attached hydrogens (tertiary/aromatic N) is 3. The first-order chi connectivity index (χ1) is 30.0. The number of fused-ring (bicyclic) bond motifs is 9. The summed E-state index contributed by atoms with van der Waals surface area (Å²) < 4.78 is 9.06. The van der Waals surface area contributed by atoms with E-state index in [1.165, 1.54) is 49.5 Å². The largest absolute Gasteiger partial charge is 0.456 e. The molecule has 0 aliphatic heterocycles. The van der Waals surface area contributed by atoms with Crippen molar-refractivity contribution < 1.29 is 4.42 Å². The normalized spacial score (nSPS) is 13.7. The fraction of sp³-hybridized carbons (Fsp3) is 0.0877. The average Bonchev–Trinajstić information content (AvgIpc) is 3.91. The molecule has 0 bridgehead atoms. The molecule has 0 atom stereocenters. The van der Waals surface area contributed by atoms with Gasteiger partial charge in [-0.2, -0.15) is 0 Å². The van der Waals surface area contributed by atoms with E-state index in [-0.39, 0.29) is 5.41 Å². The third-order valence-electron chi connectivity index (χ3n) is 13.0. The van der Waals surface area contributed by atoms with Crippen LogP contribution in [-0.2, 0) is 11.8 Å². The van der Waals surface area contributed by atoms with Crippen molar-refractivity contribution >= 4 is 73.0 Å². The minimum Gasteiger partial charge on any atom is -0.456 e. The molecule has 2 aromatic heterocycles. The number of benzene rings is 8. The maximum absolute atomic E-state index is 6.58. The van der Waals surface area contributed by atoms with Gasteiger partial charge in [0, 0.05) is 66.9 Å². The van der Waals surface area contributed by atoms with Crippen molar-refractivity contribution in [3.05, 3.63) is 217 Å². The van der Waals surface area contributed by atoms with Gasteiger partial charge in [0.1, 0.15) is 11.3 Å². The van der Waals surface area contributed by atoms with E-state index in [4.69, 9.17) is 4.42 Å². The Morgan fingerprint density at radius 3 is 1.61 bits per heavy atom. The van der Waals surface area contributed by atoms with Crippen molar-refractivity contribution in [3.8, 4) is 16.8 Å². The Bertz CT molecular complexity index is 3240. The van der Waals surface area contributed by atoms with E-state index in [1.54, 1.807) is 0 Å². The summed E-state index contributed by atoms with van der Waals surface area (Å²) in [7, 11) is 0. The highest BCUT2D eigenvalue weighted by Gasteiger charge is 2.37. The van der Waals surface area contributed by atoms with Crippen LogP contribution in [0.5, 0.6) is 0 Å². The van der Waals surface area contributed by atoms with Gasteiger partial charge in [0.15, 0.2) is 0 Å². The zero-order chi connectivity index (χ0) is 40.7. The van der Waals surface area contributed by atoms with Crippen LogP contribution in [0.3, 0.4) is 0 Å².